The van der Waals surface area contributed by atoms with E-state index in [2.05, 4.69) is 10.5 Å². The number of hydrogen-bond donors (Lipinski definition) is 1. The second-order valence-corrected chi connectivity index (χ2v) is 6.39. The Morgan fingerprint density at radius 2 is 2.11 bits per heavy atom. The molecule has 1 unspecified atom stereocenters. The highest BCUT2D eigenvalue weighted by Crippen LogP contribution is 2.26. The molecule has 10 heteroatoms. The number of nitro groups is 1. The van der Waals surface area contributed by atoms with Crippen LogP contribution >= 0.6 is 11.6 Å². The molecule has 0 aliphatic heterocycles. The monoisotopic (exact) mass is 394 g/mol. The first-order valence-electron chi connectivity index (χ1n) is 8.21. The van der Waals surface area contributed by atoms with Gasteiger partial charge in [0.1, 0.15) is 17.3 Å². The van der Waals surface area contributed by atoms with Gasteiger partial charge in [0.25, 0.3) is 11.6 Å². The van der Waals surface area contributed by atoms with Gasteiger partial charge >= 0.3 is 0 Å². The van der Waals surface area contributed by atoms with Crippen LogP contribution in [0.25, 0.3) is 0 Å². The van der Waals surface area contributed by atoms with E-state index in [1.807, 2.05) is 6.92 Å². The molecule has 0 saturated heterocycles. The molecular formula is C17H19ClN4O5. The number of nitro benzene ring substituents is 1. The highest BCUT2D eigenvalue weighted by molar-refractivity contribution is 6.32. The Kier molecular flexibility index (Phi) is 6.51. The third-order valence-corrected chi connectivity index (χ3v) is 4.30. The number of aromatic nitrogens is 1. The molecule has 2 rings (SSSR count). The number of nitrogens with zero attached hydrogens (tertiary/aromatic N) is 3. The minimum Gasteiger partial charge on any atom is -0.360 e. The highest BCUT2D eigenvalue weighted by Gasteiger charge is 2.25. The summed E-state index contributed by atoms with van der Waals surface area (Å²) in [6.45, 7) is 5.10. The summed E-state index contributed by atoms with van der Waals surface area (Å²) in [7, 11) is 0. The largest absolute Gasteiger partial charge is 0.360 e. The third-order valence-electron chi connectivity index (χ3n) is 3.98. The van der Waals surface area contributed by atoms with E-state index in [0.29, 0.717) is 12.2 Å². The third kappa shape index (κ3) is 5.04. The number of rotatable bonds is 7. The first-order valence-corrected chi connectivity index (χ1v) is 8.58. The van der Waals surface area contributed by atoms with Crippen LogP contribution in [0, 0.1) is 17.0 Å². The summed E-state index contributed by atoms with van der Waals surface area (Å²) in [5.74, 6) is -0.180. The molecule has 0 fully saturated rings. The lowest BCUT2D eigenvalue weighted by molar-refractivity contribution is -0.384. The van der Waals surface area contributed by atoms with Crippen molar-refractivity contribution in [2.24, 2.45) is 0 Å². The molecule has 144 valence electrons. The Labute approximate surface area is 160 Å². The fourth-order valence-corrected chi connectivity index (χ4v) is 2.55. The number of carbonyl (C=O) groups is 2. The molecule has 9 nitrogen and oxygen atoms in total. The molecule has 1 N–H and O–H groups in total. The Balaban J connectivity index is 2.22. The maximum Gasteiger partial charge on any atom is 0.288 e. The molecule has 0 saturated carbocycles. The van der Waals surface area contributed by atoms with Crippen LogP contribution in [0.4, 0.5) is 11.5 Å². The zero-order valence-electron chi connectivity index (χ0n) is 15.1. The van der Waals surface area contributed by atoms with Crippen molar-refractivity contribution in [2.75, 3.05) is 11.9 Å². The van der Waals surface area contributed by atoms with Crippen molar-refractivity contribution < 1.29 is 19.0 Å². The number of aryl methyl sites for hydroxylation is 1. The van der Waals surface area contributed by atoms with E-state index in [0.717, 1.165) is 6.07 Å². The molecule has 2 aromatic rings. The van der Waals surface area contributed by atoms with Crippen molar-refractivity contribution >= 4 is 34.9 Å². The van der Waals surface area contributed by atoms with E-state index >= 15 is 0 Å². The van der Waals surface area contributed by atoms with Gasteiger partial charge in [0.15, 0.2) is 5.82 Å². The lowest BCUT2D eigenvalue weighted by Crippen LogP contribution is -2.43. The molecule has 0 radical (unpaired) electrons. The Morgan fingerprint density at radius 3 is 2.67 bits per heavy atom. The van der Waals surface area contributed by atoms with Gasteiger partial charge in [0.05, 0.1) is 4.92 Å². The van der Waals surface area contributed by atoms with E-state index < -0.39 is 16.7 Å². The standard InChI is InChI=1S/C17H19ClN4O5/c1-4-10(2)21(9-16(23)19-15-7-11(3)27-20-15)17(24)12-5-6-13(18)14(8-12)22(25)26/h5-8,10H,4,9H2,1-3H3,(H,19,20,23). The molecule has 0 aliphatic rings. The molecular weight excluding hydrogens is 376 g/mol. The van der Waals surface area contributed by atoms with Crippen molar-refractivity contribution in [3.05, 3.63) is 50.7 Å². The predicted molar refractivity (Wildman–Crippen MR) is 98.8 cm³/mol. The average molecular weight is 395 g/mol. The van der Waals surface area contributed by atoms with Crippen LogP contribution in [-0.2, 0) is 4.79 Å². The lowest BCUT2D eigenvalue weighted by Gasteiger charge is -2.28. The molecule has 1 aromatic carbocycles. The molecule has 0 spiro atoms. The minimum absolute atomic E-state index is 0.0641. The average Bonchev–Trinajstić information content (AvgIpc) is 3.03. The Morgan fingerprint density at radius 1 is 1.41 bits per heavy atom. The summed E-state index contributed by atoms with van der Waals surface area (Å²) in [6, 6.07) is 5.08. The van der Waals surface area contributed by atoms with Gasteiger partial charge in [-0.1, -0.05) is 23.7 Å². The number of benzene rings is 1. The van der Waals surface area contributed by atoms with E-state index in [-0.39, 0.29) is 34.7 Å². The van der Waals surface area contributed by atoms with Crippen molar-refractivity contribution in [3.8, 4) is 0 Å². The van der Waals surface area contributed by atoms with E-state index in [4.69, 9.17) is 16.1 Å². The van der Waals surface area contributed by atoms with E-state index in [1.165, 1.54) is 17.0 Å². The Hall–Kier alpha value is -2.94. The van der Waals surface area contributed by atoms with Crippen molar-refractivity contribution in [3.63, 3.8) is 0 Å². The van der Waals surface area contributed by atoms with Gasteiger partial charge in [-0.15, -0.1) is 0 Å². The Bertz CT molecular complexity index is 867. The maximum atomic E-state index is 12.9. The molecule has 27 heavy (non-hydrogen) atoms. The summed E-state index contributed by atoms with van der Waals surface area (Å²) in [6.07, 6.45) is 0.595. The van der Waals surface area contributed by atoms with Gasteiger partial charge in [-0.05, 0) is 32.4 Å². The van der Waals surface area contributed by atoms with Crippen LogP contribution in [0.15, 0.2) is 28.8 Å². The van der Waals surface area contributed by atoms with Crippen LogP contribution in [0.3, 0.4) is 0 Å². The number of anilines is 1. The number of amides is 2. The molecule has 0 aliphatic carbocycles. The van der Waals surface area contributed by atoms with Crippen LogP contribution in [0.2, 0.25) is 5.02 Å². The van der Waals surface area contributed by atoms with Crippen molar-refractivity contribution in [1.29, 1.82) is 0 Å². The van der Waals surface area contributed by atoms with Crippen molar-refractivity contribution in [2.45, 2.75) is 33.2 Å². The normalized spacial score (nSPS) is 11.7. The molecule has 2 amide bonds. The van der Waals surface area contributed by atoms with Gasteiger partial charge < -0.3 is 14.7 Å². The van der Waals surface area contributed by atoms with Crippen LogP contribution in [0.5, 0.6) is 0 Å². The topological polar surface area (TPSA) is 119 Å². The van der Waals surface area contributed by atoms with Gasteiger partial charge in [-0.25, -0.2) is 0 Å². The number of hydrogen-bond acceptors (Lipinski definition) is 6. The maximum absolute atomic E-state index is 12.9. The number of nitrogens with one attached hydrogen (secondary N) is 1. The van der Waals surface area contributed by atoms with Crippen LogP contribution < -0.4 is 5.32 Å². The molecule has 1 heterocycles. The second-order valence-electron chi connectivity index (χ2n) is 5.98. The molecule has 1 aromatic heterocycles. The quantitative estimate of drug-likeness (QED) is 0.567. The summed E-state index contributed by atoms with van der Waals surface area (Å²) in [5.41, 5.74) is -0.286. The van der Waals surface area contributed by atoms with Gasteiger partial charge in [0, 0.05) is 23.7 Å². The van der Waals surface area contributed by atoms with Crippen molar-refractivity contribution in [1.82, 2.24) is 10.1 Å². The fraction of sp³-hybridized carbons (Fsp3) is 0.353. The molecule has 0 bridgehead atoms. The first kappa shape index (κ1) is 20.4. The first-order chi connectivity index (χ1) is 12.7. The predicted octanol–water partition coefficient (Wildman–Crippen LogP) is 3.42. The zero-order chi connectivity index (χ0) is 20.1. The lowest BCUT2D eigenvalue weighted by atomic mass is 10.1. The van der Waals surface area contributed by atoms with Gasteiger partial charge in [-0.3, -0.25) is 19.7 Å². The zero-order valence-corrected chi connectivity index (χ0v) is 15.8. The summed E-state index contributed by atoms with van der Waals surface area (Å²) in [5, 5.41) is 17.2. The fourth-order valence-electron chi connectivity index (χ4n) is 2.36. The summed E-state index contributed by atoms with van der Waals surface area (Å²) >= 11 is 5.80. The SMILES string of the molecule is CCC(C)N(CC(=O)Nc1cc(C)on1)C(=O)c1ccc(Cl)c([N+](=O)[O-])c1. The molecule has 1 atom stereocenters. The smallest absolute Gasteiger partial charge is 0.288 e. The highest BCUT2D eigenvalue weighted by atomic mass is 35.5. The van der Waals surface area contributed by atoms with E-state index in [1.54, 1.807) is 19.9 Å². The summed E-state index contributed by atoms with van der Waals surface area (Å²) < 4.78 is 4.88. The second kappa shape index (κ2) is 8.63. The number of carbonyl (C=O) groups excluding carboxylic acids is 2. The minimum atomic E-state index is -0.660. The van der Waals surface area contributed by atoms with Gasteiger partial charge in [0.2, 0.25) is 5.91 Å². The summed E-state index contributed by atoms with van der Waals surface area (Å²) in [4.78, 5) is 36.9. The van der Waals surface area contributed by atoms with Gasteiger partial charge in [-0.2, -0.15) is 0 Å². The van der Waals surface area contributed by atoms with Crippen LogP contribution in [-0.4, -0.2) is 39.4 Å². The number of halogens is 1. The van der Waals surface area contributed by atoms with E-state index in [9.17, 15) is 19.7 Å². The van der Waals surface area contributed by atoms with Crippen LogP contribution in [0.1, 0.15) is 36.4 Å².